The topological polar surface area (TPSA) is 55.9 Å². The number of nitrogens with one attached hydrogen (secondary N) is 1. The van der Waals surface area contributed by atoms with Crippen LogP contribution in [0.2, 0.25) is 0 Å². The second-order valence-corrected chi connectivity index (χ2v) is 4.12. The third-order valence-corrected chi connectivity index (χ3v) is 2.67. The van der Waals surface area contributed by atoms with Crippen LogP contribution < -0.4 is 11.1 Å². The van der Waals surface area contributed by atoms with Gasteiger partial charge in [-0.15, -0.1) is 5.10 Å². The van der Waals surface area contributed by atoms with E-state index in [0.29, 0.717) is 11.9 Å². The average Bonchev–Trinajstić information content (AvgIpc) is 3.03. The standard InChI is InChI=1S/C12H14N4/c13-11-8-12(14-9-6-7-9)15-16(11)10-4-2-1-3-5-10/h1-5,8-9H,6-7,13H2,(H,14,15). The van der Waals surface area contributed by atoms with Gasteiger partial charge in [-0.2, -0.15) is 0 Å². The number of rotatable bonds is 3. The minimum absolute atomic E-state index is 0.596. The Morgan fingerprint density at radius 3 is 2.69 bits per heavy atom. The molecule has 16 heavy (non-hydrogen) atoms. The highest BCUT2D eigenvalue weighted by molar-refractivity contribution is 5.51. The minimum atomic E-state index is 0.596. The van der Waals surface area contributed by atoms with E-state index in [1.807, 2.05) is 36.4 Å². The van der Waals surface area contributed by atoms with Crippen LogP contribution >= 0.6 is 0 Å². The van der Waals surface area contributed by atoms with E-state index in [4.69, 9.17) is 5.73 Å². The first-order valence-corrected chi connectivity index (χ1v) is 5.50. The average molecular weight is 214 g/mol. The van der Waals surface area contributed by atoms with Gasteiger partial charge in [-0.1, -0.05) is 18.2 Å². The van der Waals surface area contributed by atoms with Crippen molar-refractivity contribution in [1.29, 1.82) is 0 Å². The molecule has 2 aromatic rings. The molecule has 0 atom stereocenters. The number of anilines is 2. The lowest BCUT2D eigenvalue weighted by Crippen LogP contribution is -2.03. The largest absolute Gasteiger partial charge is 0.384 e. The fourth-order valence-electron chi connectivity index (χ4n) is 1.68. The highest BCUT2D eigenvalue weighted by Crippen LogP contribution is 2.25. The van der Waals surface area contributed by atoms with Crippen LogP contribution in [-0.4, -0.2) is 15.8 Å². The Hall–Kier alpha value is -1.97. The van der Waals surface area contributed by atoms with Gasteiger partial charge in [0.15, 0.2) is 5.82 Å². The highest BCUT2D eigenvalue weighted by Gasteiger charge is 2.22. The number of nitrogens with zero attached hydrogens (tertiary/aromatic N) is 2. The van der Waals surface area contributed by atoms with Crippen LogP contribution in [0.15, 0.2) is 36.4 Å². The Bertz CT molecular complexity index is 485. The molecule has 0 radical (unpaired) electrons. The van der Waals surface area contributed by atoms with Gasteiger partial charge in [-0.25, -0.2) is 4.68 Å². The van der Waals surface area contributed by atoms with Gasteiger partial charge in [0.25, 0.3) is 0 Å². The first-order chi connectivity index (χ1) is 7.83. The van der Waals surface area contributed by atoms with E-state index in [1.165, 1.54) is 12.8 Å². The van der Waals surface area contributed by atoms with Crippen molar-refractivity contribution in [3.63, 3.8) is 0 Å². The van der Waals surface area contributed by atoms with E-state index in [1.54, 1.807) is 4.68 Å². The van der Waals surface area contributed by atoms with E-state index in [2.05, 4.69) is 10.4 Å². The van der Waals surface area contributed by atoms with Gasteiger partial charge in [0.2, 0.25) is 0 Å². The summed E-state index contributed by atoms with van der Waals surface area (Å²) in [6.07, 6.45) is 2.47. The maximum atomic E-state index is 5.93. The first-order valence-electron chi connectivity index (χ1n) is 5.50. The molecule has 3 rings (SSSR count). The Morgan fingerprint density at radius 2 is 2.00 bits per heavy atom. The van der Waals surface area contributed by atoms with Gasteiger partial charge in [-0.3, -0.25) is 0 Å². The Morgan fingerprint density at radius 1 is 1.25 bits per heavy atom. The molecule has 0 unspecified atom stereocenters. The minimum Gasteiger partial charge on any atom is -0.384 e. The molecule has 1 fully saturated rings. The van der Waals surface area contributed by atoms with Crippen molar-refractivity contribution in [2.24, 2.45) is 0 Å². The predicted octanol–water partition coefficient (Wildman–Crippen LogP) is 2.03. The molecule has 1 aliphatic rings. The number of benzene rings is 1. The van der Waals surface area contributed by atoms with Crippen molar-refractivity contribution in [3.8, 4) is 5.69 Å². The summed E-state index contributed by atoms with van der Waals surface area (Å²) in [6, 6.07) is 12.4. The second-order valence-electron chi connectivity index (χ2n) is 4.12. The van der Waals surface area contributed by atoms with Crippen molar-refractivity contribution < 1.29 is 0 Å². The molecule has 1 aromatic carbocycles. The van der Waals surface area contributed by atoms with E-state index in [9.17, 15) is 0 Å². The van der Waals surface area contributed by atoms with Gasteiger partial charge in [0.05, 0.1) is 5.69 Å². The van der Waals surface area contributed by atoms with Gasteiger partial charge in [-0.05, 0) is 25.0 Å². The molecule has 1 heterocycles. The molecule has 0 bridgehead atoms. The zero-order valence-corrected chi connectivity index (χ0v) is 8.93. The maximum Gasteiger partial charge on any atom is 0.150 e. The summed E-state index contributed by atoms with van der Waals surface area (Å²) >= 11 is 0. The van der Waals surface area contributed by atoms with Crippen LogP contribution in [0.25, 0.3) is 5.69 Å². The van der Waals surface area contributed by atoms with Crippen LogP contribution in [0, 0.1) is 0 Å². The molecule has 0 saturated heterocycles. The molecule has 1 saturated carbocycles. The molecule has 4 nitrogen and oxygen atoms in total. The van der Waals surface area contributed by atoms with Gasteiger partial charge < -0.3 is 11.1 Å². The van der Waals surface area contributed by atoms with Crippen LogP contribution in [0.1, 0.15) is 12.8 Å². The third-order valence-electron chi connectivity index (χ3n) is 2.67. The van der Waals surface area contributed by atoms with Gasteiger partial charge in [0.1, 0.15) is 5.82 Å². The van der Waals surface area contributed by atoms with Gasteiger partial charge >= 0.3 is 0 Å². The summed E-state index contributed by atoms with van der Waals surface area (Å²) in [4.78, 5) is 0. The van der Waals surface area contributed by atoms with Crippen molar-refractivity contribution in [1.82, 2.24) is 9.78 Å². The summed E-state index contributed by atoms with van der Waals surface area (Å²) in [5.74, 6) is 1.53. The summed E-state index contributed by atoms with van der Waals surface area (Å²) in [5, 5.41) is 7.78. The Kier molecular flexibility index (Phi) is 2.06. The number of aromatic nitrogens is 2. The summed E-state index contributed by atoms with van der Waals surface area (Å²) < 4.78 is 1.75. The number of nitrogens with two attached hydrogens (primary N) is 1. The van der Waals surface area contributed by atoms with Crippen molar-refractivity contribution >= 4 is 11.6 Å². The summed E-state index contributed by atoms with van der Waals surface area (Å²) in [7, 11) is 0. The quantitative estimate of drug-likeness (QED) is 0.822. The van der Waals surface area contributed by atoms with Crippen LogP contribution in [-0.2, 0) is 0 Å². The van der Waals surface area contributed by atoms with Crippen molar-refractivity contribution in [3.05, 3.63) is 36.4 Å². The predicted molar refractivity (Wildman–Crippen MR) is 64.6 cm³/mol. The monoisotopic (exact) mass is 214 g/mol. The van der Waals surface area contributed by atoms with Crippen molar-refractivity contribution in [2.75, 3.05) is 11.1 Å². The summed E-state index contributed by atoms with van der Waals surface area (Å²) in [5.41, 5.74) is 6.92. The third kappa shape index (κ3) is 1.74. The maximum absolute atomic E-state index is 5.93. The lowest BCUT2D eigenvalue weighted by atomic mass is 10.3. The molecule has 82 valence electrons. The molecular formula is C12H14N4. The number of para-hydroxylation sites is 1. The van der Waals surface area contributed by atoms with Crippen LogP contribution in [0.4, 0.5) is 11.6 Å². The zero-order chi connectivity index (χ0) is 11.0. The molecule has 0 spiro atoms. The van der Waals surface area contributed by atoms with E-state index in [0.717, 1.165) is 11.5 Å². The fourth-order valence-corrected chi connectivity index (χ4v) is 1.68. The molecule has 1 aromatic heterocycles. The normalized spacial score (nSPS) is 15.0. The van der Waals surface area contributed by atoms with Crippen LogP contribution in [0.5, 0.6) is 0 Å². The molecule has 4 heteroatoms. The molecule has 0 amide bonds. The molecular weight excluding hydrogens is 200 g/mol. The van der Waals surface area contributed by atoms with E-state index < -0.39 is 0 Å². The van der Waals surface area contributed by atoms with Crippen molar-refractivity contribution in [2.45, 2.75) is 18.9 Å². The lowest BCUT2D eigenvalue weighted by molar-refractivity contribution is 0.887. The van der Waals surface area contributed by atoms with E-state index >= 15 is 0 Å². The molecule has 0 aliphatic heterocycles. The highest BCUT2D eigenvalue weighted by atomic mass is 15.3. The first kappa shape index (κ1) is 9.27. The number of hydrogen-bond acceptors (Lipinski definition) is 3. The summed E-state index contributed by atoms with van der Waals surface area (Å²) in [6.45, 7) is 0. The van der Waals surface area contributed by atoms with Crippen LogP contribution in [0.3, 0.4) is 0 Å². The van der Waals surface area contributed by atoms with E-state index in [-0.39, 0.29) is 0 Å². The smallest absolute Gasteiger partial charge is 0.150 e. The molecule has 1 aliphatic carbocycles. The zero-order valence-electron chi connectivity index (χ0n) is 8.93. The molecule has 3 N–H and O–H groups in total. The second kappa shape index (κ2) is 3.56. The number of nitrogen functional groups attached to an aromatic ring is 1. The number of hydrogen-bond donors (Lipinski definition) is 2. The fraction of sp³-hybridized carbons (Fsp3) is 0.250. The SMILES string of the molecule is Nc1cc(NC2CC2)nn1-c1ccccc1. The van der Waals surface area contributed by atoms with Gasteiger partial charge in [0, 0.05) is 12.1 Å². The Labute approximate surface area is 94.1 Å². The lowest BCUT2D eigenvalue weighted by Gasteiger charge is -2.02. The Balaban J connectivity index is 1.91.